The lowest BCUT2D eigenvalue weighted by Crippen LogP contribution is -2.29. The van der Waals surface area contributed by atoms with Crippen LogP contribution in [0.15, 0.2) is 108 Å². The number of amides is 1. The van der Waals surface area contributed by atoms with Crippen LogP contribution in [0.1, 0.15) is 33.2 Å². The molecular weight excluding hydrogens is 530 g/mol. The van der Waals surface area contributed by atoms with Crippen LogP contribution < -0.4 is 16.0 Å². The maximum absolute atomic E-state index is 13.6. The number of anilines is 2. The molecule has 5 N–H and O–H groups in total. The first-order valence-electron chi connectivity index (χ1n) is 12.2. The van der Waals surface area contributed by atoms with Crippen molar-refractivity contribution in [2.24, 2.45) is 0 Å². The third-order valence-electron chi connectivity index (χ3n) is 5.96. The molecule has 0 aliphatic carbocycles. The third-order valence-corrected chi connectivity index (χ3v) is 8.12. The number of carbonyl (C=O) groups excluding carboxylic acids is 1. The van der Waals surface area contributed by atoms with E-state index in [1.165, 1.54) is 42.7 Å². The van der Waals surface area contributed by atoms with Gasteiger partial charge in [-0.05, 0) is 53.6 Å². The Morgan fingerprint density at radius 3 is 2.25 bits per heavy atom. The van der Waals surface area contributed by atoms with Gasteiger partial charge in [0.05, 0.1) is 17.0 Å². The van der Waals surface area contributed by atoms with Gasteiger partial charge in [0.1, 0.15) is 5.25 Å². The third kappa shape index (κ3) is 7.08. The summed E-state index contributed by atoms with van der Waals surface area (Å²) in [4.78, 5) is 28.3. The van der Waals surface area contributed by atoms with Crippen LogP contribution in [-0.2, 0) is 21.2 Å². The van der Waals surface area contributed by atoms with E-state index in [0.29, 0.717) is 12.2 Å². The zero-order valence-corrected chi connectivity index (χ0v) is 22.1. The predicted molar refractivity (Wildman–Crippen MR) is 152 cm³/mol. The lowest BCUT2D eigenvalue weighted by molar-refractivity contribution is -0.137. The van der Waals surface area contributed by atoms with E-state index in [4.69, 9.17) is 5.41 Å². The number of aliphatic carboxylic acids is 1. The van der Waals surface area contributed by atoms with Crippen molar-refractivity contribution >= 4 is 39.0 Å². The molecule has 10 nitrogen and oxygen atoms in total. The number of hydrogen-bond acceptors (Lipinski definition) is 6. The van der Waals surface area contributed by atoms with Crippen molar-refractivity contribution in [2.45, 2.75) is 23.1 Å². The molecule has 0 fully saturated rings. The molecule has 4 rings (SSSR count). The van der Waals surface area contributed by atoms with Gasteiger partial charge in [-0.15, -0.1) is 0 Å². The van der Waals surface area contributed by atoms with Gasteiger partial charge in [-0.25, -0.2) is 8.42 Å². The van der Waals surface area contributed by atoms with E-state index < -0.39 is 33.4 Å². The fraction of sp³-hybridized carbons (Fsp3) is 0.103. The number of para-hydroxylation sites is 1. The van der Waals surface area contributed by atoms with Gasteiger partial charge in [-0.2, -0.15) is 0 Å². The summed E-state index contributed by atoms with van der Waals surface area (Å²) in [5, 5.41) is 24.6. The molecule has 11 heteroatoms. The van der Waals surface area contributed by atoms with Crippen LogP contribution in [0.25, 0.3) is 0 Å². The number of nitrogens with zero attached hydrogens (tertiary/aromatic N) is 1. The average Bonchev–Trinajstić information content (AvgIpc) is 2.96. The molecular formula is C29H27N5O5S. The Morgan fingerprint density at radius 2 is 1.57 bits per heavy atom. The second kappa shape index (κ2) is 12.7. The highest BCUT2D eigenvalue weighted by atomic mass is 32.2. The Kier molecular flexibility index (Phi) is 8.87. The number of carbonyl (C=O) groups is 2. The van der Waals surface area contributed by atoms with E-state index in [-0.39, 0.29) is 27.7 Å². The van der Waals surface area contributed by atoms with Crippen molar-refractivity contribution in [2.75, 3.05) is 10.6 Å². The Labute approximate surface area is 231 Å². The largest absolute Gasteiger partial charge is 0.481 e. The van der Waals surface area contributed by atoms with Crippen molar-refractivity contribution in [1.82, 2.24) is 10.3 Å². The van der Waals surface area contributed by atoms with Gasteiger partial charge in [-0.3, -0.25) is 20.0 Å². The number of rotatable bonds is 10. The van der Waals surface area contributed by atoms with Gasteiger partial charge in [0.2, 0.25) is 0 Å². The fourth-order valence-electron chi connectivity index (χ4n) is 3.98. The first-order valence-corrected chi connectivity index (χ1v) is 13.8. The SMILES string of the molecule is N=C(NCc1ccccc1)Nc1ccc(C(=O)Nc2ccccc2S(=O)(=O)C(CC(=O)O)c2cccnc2)cc1. The van der Waals surface area contributed by atoms with Gasteiger partial charge in [0.15, 0.2) is 15.8 Å². The number of aromatic nitrogens is 1. The second-order valence-corrected chi connectivity index (χ2v) is 10.9. The van der Waals surface area contributed by atoms with Crippen molar-refractivity contribution < 1.29 is 23.1 Å². The minimum Gasteiger partial charge on any atom is -0.481 e. The summed E-state index contributed by atoms with van der Waals surface area (Å²) in [6.07, 6.45) is 2.12. The highest BCUT2D eigenvalue weighted by molar-refractivity contribution is 7.91. The van der Waals surface area contributed by atoms with Crippen LogP contribution in [0.5, 0.6) is 0 Å². The summed E-state index contributed by atoms with van der Waals surface area (Å²) in [5.41, 5.74) is 2.13. The van der Waals surface area contributed by atoms with Crippen LogP contribution in [0.3, 0.4) is 0 Å². The predicted octanol–water partition coefficient (Wildman–Crippen LogP) is 4.46. The van der Waals surface area contributed by atoms with Crippen molar-refractivity contribution in [3.63, 3.8) is 0 Å². The van der Waals surface area contributed by atoms with Crippen molar-refractivity contribution in [1.29, 1.82) is 5.41 Å². The molecule has 0 saturated heterocycles. The maximum atomic E-state index is 13.6. The van der Waals surface area contributed by atoms with Crippen LogP contribution in [0.2, 0.25) is 0 Å². The first-order chi connectivity index (χ1) is 19.2. The zero-order valence-electron chi connectivity index (χ0n) is 21.2. The molecule has 0 aliphatic rings. The molecule has 0 bridgehead atoms. The molecule has 40 heavy (non-hydrogen) atoms. The molecule has 0 spiro atoms. The topological polar surface area (TPSA) is 161 Å². The first kappa shape index (κ1) is 28.0. The van der Waals surface area contributed by atoms with E-state index in [9.17, 15) is 23.1 Å². The Hall–Kier alpha value is -5.03. The lowest BCUT2D eigenvalue weighted by atomic mass is 10.1. The van der Waals surface area contributed by atoms with E-state index in [1.807, 2.05) is 30.3 Å². The molecule has 0 radical (unpaired) electrons. The van der Waals surface area contributed by atoms with E-state index >= 15 is 0 Å². The maximum Gasteiger partial charge on any atom is 0.305 e. The number of carboxylic acids is 1. The lowest BCUT2D eigenvalue weighted by Gasteiger charge is -2.19. The zero-order chi connectivity index (χ0) is 28.5. The van der Waals surface area contributed by atoms with Gasteiger partial charge in [-0.1, -0.05) is 48.5 Å². The minimum absolute atomic E-state index is 0.0286. The smallest absolute Gasteiger partial charge is 0.305 e. The Bertz CT molecular complexity index is 1600. The van der Waals surface area contributed by atoms with Crippen LogP contribution in [0, 0.1) is 5.41 Å². The number of guanidine groups is 1. The number of benzene rings is 3. The van der Waals surface area contributed by atoms with Gasteiger partial charge < -0.3 is 21.1 Å². The quantitative estimate of drug-likeness (QED) is 0.141. The Morgan fingerprint density at radius 1 is 0.875 bits per heavy atom. The van der Waals surface area contributed by atoms with Gasteiger partial charge in [0, 0.05) is 30.2 Å². The molecule has 1 aromatic heterocycles. The van der Waals surface area contributed by atoms with Crippen molar-refractivity contribution in [3.8, 4) is 0 Å². The number of nitrogens with one attached hydrogen (secondary N) is 4. The highest BCUT2D eigenvalue weighted by Crippen LogP contribution is 2.35. The summed E-state index contributed by atoms with van der Waals surface area (Å²) >= 11 is 0. The van der Waals surface area contributed by atoms with E-state index in [1.54, 1.807) is 30.3 Å². The van der Waals surface area contributed by atoms with Gasteiger partial charge >= 0.3 is 5.97 Å². The molecule has 1 amide bonds. The highest BCUT2D eigenvalue weighted by Gasteiger charge is 2.33. The standard InChI is InChI=1S/C29H27N5O5S/c30-29(32-18-20-7-2-1-3-8-20)33-23-14-12-21(13-15-23)28(37)34-24-10-4-5-11-25(24)40(38,39)26(17-27(35)36)22-9-6-16-31-19-22/h1-16,19,26H,17-18H2,(H,34,37)(H,35,36)(H3,30,32,33). The van der Waals surface area contributed by atoms with Crippen LogP contribution in [-0.4, -0.2) is 36.3 Å². The average molecular weight is 558 g/mol. The molecule has 3 aromatic carbocycles. The molecule has 4 aromatic rings. The normalized spacial score (nSPS) is 11.7. The molecule has 0 aliphatic heterocycles. The number of carboxylic acid groups (broad SMARTS) is 1. The molecule has 1 unspecified atom stereocenters. The number of pyridine rings is 1. The monoisotopic (exact) mass is 557 g/mol. The molecule has 0 saturated carbocycles. The Balaban J connectivity index is 1.47. The molecule has 204 valence electrons. The summed E-state index contributed by atoms with van der Waals surface area (Å²) in [7, 11) is -4.23. The molecule has 1 heterocycles. The summed E-state index contributed by atoms with van der Waals surface area (Å²) in [6, 6.07) is 24.9. The van der Waals surface area contributed by atoms with Crippen LogP contribution in [0.4, 0.5) is 11.4 Å². The fourth-order valence-corrected chi connectivity index (χ4v) is 5.84. The van der Waals surface area contributed by atoms with Crippen LogP contribution >= 0.6 is 0 Å². The number of sulfone groups is 1. The summed E-state index contributed by atoms with van der Waals surface area (Å²) in [5.74, 6) is -1.75. The summed E-state index contributed by atoms with van der Waals surface area (Å²) in [6.45, 7) is 0.476. The molecule has 1 atom stereocenters. The minimum atomic E-state index is -4.23. The van der Waals surface area contributed by atoms with E-state index in [2.05, 4.69) is 20.9 Å². The summed E-state index contributed by atoms with van der Waals surface area (Å²) < 4.78 is 27.2. The van der Waals surface area contributed by atoms with E-state index in [0.717, 1.165) is 5.56 Å². The second-order valence-electron chi connectivity index (χ2n) is 8.78. The number of hydrogen-bond donors (Lipinski definition) is 5. The van der Waals surface area contributed by atoms with Crippen molar-refractivity contribution in [3.05, 3.63) is 120 Å². The van der Waals surface area contributed by atoms with Gasteiger partial charge in [0.25, 0.3) is 5.91 Å².